The fourth-order valence-corrected chi connectivity index (χ4v) is 2.58. The molecule has 1 aliphatic heterocycles. The van der Waals surface area contributed by atoms with Crippen molar-refractivity contribution in [3.8, 4) is 0 Å². The van der Waals surface area contributed by atoms with E-state index in [4.69, 9.17) is 14.2 Å². The van der Waals surface area contributed by atoms with Gasteiger partial charge in [-0.25, -0.2) is 9.59 Å². The molecule has 1 aliphatic rings. The maximum atomic E-state index is 12.2. The Bertz CT molecular complexity index is 682. The quantitative estimate of drug-likeness (QED) is 0.424. The van der Waals surface area contributed by atoms with Crippen LogP contribution in [0.2, 0.25) is 0 Å². The summed E-state index contributed by atoms with van der Waals surface area (Å²) in [5, 5.41) is 0.221. The van der Waals surface area contributed by atoms with Crippen LogP contribution in [0.15, 0.2) is 35.5 Å². The lowest BCUT2D eigenvalue weighted by atomic mass is 10.1. The van der Waals surface area contributed by atoms with Crippen molar-refractivity contribution in [3.05, 3.63) is 41.1 Å². The van der Waals surface area contributed by atoms with Gasteiger partial charge in [-0.2, -0.15) is 0 Å². The van der Waals surface area contributed by atoms with Crippen molar-refractivity contribution in [2.24, 2.45) is 0 Å². The topological polar surface area (TPSA) is 82.1 Å². The maximum absolute atomic E-state index is 12.2. The summed E-state index contributed by atoms with van der Waals surface area (Å²) in [4.78, 5) is 37.2. The predicted octanol–water partition coefficient (Wildman–Crippen LogP) is 1.66. The van der Waals surface area contributed by atoms with Crippen LogP contribution in [-0.2, 0) is 23.8 Å². The van der Waals surface area contributed by atoms with Gasteiger partial charge in [0.05, 0.1) is 31.7 Å². The molecule has 0 aromatic heterocycles. The number of methoxy groups -OCH3 is 2. The van der Waals surface area contributed by atoms with Crippen molar-refractivity contribution in [3.63, 3.8) is 0 Å². The number of benzene rings is 1. The molecule has 128 valence electrons. The highest BCUT2D eigenvalue weighted by molar-refractivity contribution is 9.09. The van der Waals surface area contributed by atoms with Crippen LogP contribution in [0.1, 0.15) is 10.4 Å². The second-order valence-electron chi connectivity index (χ2n) is 4.82. The Balaban J connectivity index is 2.44. The van der Waals surface area contributed by atoms with Crippen molar-refractivity contribution in [1.29, 1.82) is 0 Å². The Labute approximate surface area is 147 Å². The van der Waals surface area contributed by atoms with Crippen molar-refractivity contribution in [2.45, 2.75) is 0 Å². The molecule has 0 bridgehead atoms. The molecule has 0 radical (unpaired) electrons. The number of carbonyl (C=O) groups is 3. The highest BCUT2D eigenvalue weighted by Crippen LogP contribution is 2.27. The fourth-order valence-electron chi connectivity index (χ4n) is 2.25. The van der Waals surface area contributed by atoms with E-state index in [0.717, 1.165) is 0 Å². The van der Waals surface area contributed by atoms with E-state index < -0.39 is 11.9 Å². The number of esters is 2. The molecule has 8 heteroatoms. The predicted molar refractivity (Wildman–Crippen MR) is 88.9 cm³/mol. The van der Waals surface area contributed by atoms with Gasteiger partial charge in [-0.3, -0.25) is 4.79 Å². The molecule has 1 heterocycles. The molecule has 0 saturated heterocycles. The Morgan fingerprint density at radius 3 is 2.29 bits per heavy atom. The summed E-state index contributed by atoms with van der Waals surface area (Å²) in [7, 11) is 2.46. The van der Waals surface area contributed by atoms with E-state index in [1.165, 1.54) is 19.1 Å². The first-order valence-corrected chi connectivity index (χ1v) is 8.10. The van der Waals surface area contributed by atoms with Crippen molar-refractivity contribution < 1.29 is 28.6 Å². The molecule has 0 N–H and O–H groups in total. The average molecular weight is 398 g/mol. The molecule has 0 atom stereocenters. The summed E-state index contributed by atoms with van der Waals surface area (Å²) in [5.74, 6) is -1.39. The molecular weight excluding hydrogens is 382 g/mol. The van der Waals surface area contributed by atoms with Gasteiger partial charge >= 0.3 is 11.9 Å². The first kappa shape index (κ1) is 18.2. The summed E-state index contributed by atoms with van der Waals surface area (Å²) in [6.45, 7) is 0.0183. The fraction of sp³-hybridized carbons (Fsp3) is 0.312. The van der Waals surface area contributed by atoms with Crippen LogP contribution in [0.5, 0.6) is 0 Å². The molecule has 0 aliphatic carbocycles. The number of hydrogen-bond donors (Lipinski definition) is 0. The minimum Gasteiger partial charge on any atom is -0.466 e. The zero-order chi connectivity index (χ0) is 17.7. The van der Waals surface area contributed by atoms with E-state index in [1.54, 1.807) is 24.3 Å². The van der Waals surface area contributed by atoms with Crippen LogP contribution < -0.4 is 4.90 Å². The van der Waals surface area contributed by atoms with Gasteiger partial charge in [0, 0.05) is 11.3 Å². The van der Waals surface area contributed by atoms with Gasteiger partial charge in [0.25, 0.3) is 0 Å². The maximum Gasteiger partial charge on any atom is 0.355 e. The SMILES string of the molecule is COC(=O)C1=C(C(=O)OC)N(c2ccc(C(=O)CBr)cc2)COC1. The molecular formula is C16H16BrNO6. The molecule has 24 heavy (non-hydrogen) atoms. The van der Waals surface area contributed by atoms with Crippen LogP contribution >= 0.6 is 15.9 Å². The molecule has 0 spiro atoms. The smallest absolute Gasteiger partial charge is 0.355 e. The Morgan fingerprint density at radius 1 is 1.12 bits per heavy atom. The lowest BCUT2D eigenvalue weighted by molar-refractivity contribution is -0.140. The van der Waals surface area contributed by atoms with E-state index in [-0.39, 0.29) is 35.7 Å². The van der Waals surface area contributed by atoms with Crippen LogP contribution in [0.3, 0.4) is 0 Å². The van der Waals surface area contributed by atoms with Crippen molar-refractivity contribution in [1.82, 2.24) is 0 Å². The largest absolute Gasteiger partial charge is 0.466 e. The molecule has 1 aromatic carbocycles. The normalized spacial score (nSPS) is 14.4. The molecule has 7 nitrogen and oxygen atoms in total. The van der Waals surface area contributed by atoms with Gasteiger partial charge in [-0.15, -0.1) is 0 Å². The molecule has 0 amide bonds. The zero-order valence-electron chi connectivity index (χ0n) is 13.2. The second-order valence-corrected chi connectivity index (χ2v) is 5.38. The van der Waals surface area contributed by atoms with Gasteiger partial charge in [-0.1, -0.05) is 15.9 Å². The number of ketones is 1. The van der Waals surface area contributed by atoms with E-state index in [0.29, 0.717) is 11.3 Å². The van der Waals surface area contributed by atoms with Gasteiger partial charge in [-0.05, 0) is 24.3 Å². The third kappa shape index (κ3) is 3.65. The van der Waals surface area contributed by atoms with Crippen LogP contribution in [0.4, 0.5) is 5.69 Å². The summed E-state index contributed by atoms with van der Waals surface area (Å²) in [5.41, 5.74) is 1.26. The number of Topliss-reactive ketones (excluding diaryl/α,β-unsaturated/α-hetero) is 1. The van der Waals surface area contributed by atoms with Gasteiger partial charge in [0.15, 0.2) is 5.78 Å². The standard InChI is InChI=1S/C16H16BrNO6/c1-22-15(20)12-8-24-9-18(14(12)16(21)23-2)11-5-3-10(4-6-11)13(19)7-17/h3-6H,7-9H2,1-2H3. The summed E-state index contributed by atoms with van der Waals surface area (Å²) in [6.07, 6.45) is 0. The third-order valence-corrected chi connectivity index (χ3v) is 3.96. The zero-order valence-corrected chi connectivity index (χ0v) is 14.8. The number of halogens is 1. The van der Waals surface area contributed by atoms with E-state index >= 15 is 0 Å². The summed E-state index contributed by atoms with van der Waals surface area (Å²) >= 11 is 3.12. The highest BCUT2D eigenvalue weighted by atomic mass is 79.9. The number of hydrogen-bond acceptors (Lipinski definition) is 7. The van der Waals surface area contributed by atoms with Crippen LogP contribution in [-0.4, -0.2) is 50.6 Å². The molecule has 0 fully saturated rings. The summed E-state index contributed by atoms with van der Waals surface area (Å²) < 4.78 is 14.9. The van der Waals surface area contributed by atoms with Crippen LogP contribution in [0.25, 0.3) is 0 Å². The lowest BCUT2D eigenvalue weighted by Crippen LogP contribution is -2.38. The number of nitrogens with zero attached hydrogens (tertiary/aromatic N) is 1. The monoisotopic (exact) mass is 397 g/mol. The van der Waals surface area contributed by atoms with Gasteiger partial charge in [0.2, 0.25) is 0 Å². The molecule has 0 saturated carbocycles. The first-order chi connectivity index (χ1) is 11.5. The van der Waals surface area contributed by atoms with Gasteiger partial charge < -0.3 is 19.1 Å². The number of alkyl halides is 1. The number of rotatable bonds is 5. The Morgan fingerprint density at radius 2 is 1.75 bits per heavy atom. The second kappa shape index (κ2) is 8.07. The number of ether oxygens (including phenoxy) is 3. The van der Waals surface area contributed by atoms with E-state index in [2.05, 4.69) is 15.9 Å². The number of anilines is 1. The van der Waals surface area contributed by atoms with E-state index in [9.17, 15) is 14.4 Å². The van der Waals surface area contributed by atoms with Crippen molar-refractivity contribution >= 4 is 39.3 Å². The van der Waals surface area contributed by atoms with Crippen molar-refractivity contribution in [2.75, 3.05) is 37.8 Å². The summed E-state index contributed by atoms with van der Waals surface area (Å²) in [6, 6.07) is 6.62. The Hall–Kier alpha value is -2.19. The third-order valence-electron chi connectivity index (χ3n) is 3.46. The number of carbonyl (C=O) groups excluding carboxylic acids is 3. The molecule has 2 rings (SSSR count). The minimum absolute atomic E-state index is 0.0479. The first-order valence-electron chi connectivity index (χ1n) is 6.97. The van der Waals surface area contributed by atoms with E-state index in [1.807, 2.05) is 0 Å². The molecule has 0 unspecified atom stereocenters. The molecule has 1 aromatic rings. The minimum atomic E-state index is -0.667. The highest BCUT2D eigenvalue weighted by Gasteiger charge is 2.32. The van der Waals surface area contributed by atoms with Gasteiger partial charge in [0.1, 0.15) is 12.4 Å². The Kier molecular flexibility index (Phi) is 6.10. The average Bonchev–Trinajstić information content (AvgIpc) is 2.65. The van der Waals surface area contributed by atoms with Crippen LogP contribution in [0, 0.1) is 0 Å². The lowest BCUT2D eigenvalue weighted by Gasteiger charge is -2.31.